The molecule has 1 saturated carbocycles. The lowest BCUT2D eigenvalue weighted by Gasteiger charge is -2.32. The number of amides is 1. The van der Waals surface area contributed by atoms with Gasteiger partial charge in [0.1, 0.15) is 29.5 Å². The number of aliphatic hydroxyl groups excluding tert-OH is 1. The van der Waals surface area contributed by atoms with E-state index in [1.165, 1.54) is 12.1 Å². The molecule has 2 aliphatic rings. The highest BCUT2D eigenvalue weighted by Crippen LogP contribution is 2.31. The highest BCUT2D eigenvalue weighted by Gasteiger charge is 2.47. The molecule has 4 rings (SSSR count). The fourth-order valence-corrected chi connectivity index (χ4v) is 4.47. The average Bonchev–Trinajstić information content (AvgIpc) is 3.36. The van der Waals surface area contributed by atoms with Crippen LogP contribution in [0.5, 0.6) is 11.5 Å². The zero-order valence-corrected chi connectivity index (χ0v) is 17.0. The number of rotatable bonds is 6. The third-order valence-corrected chi connectivity index (χ3v) is 5.94. The van der Waals surface area contributed by atoms with Crippen molar-refractivity contribution in [2.24, 2.45) is 0 Å². The first-order valence-corrected chi connectivity index (χ1v) is 10.3. The summed E-state index contributed by atoms with van der Waals surface area (Å²) in [4.78, 5) is 15.1. The standard InChI is InChI=1S/C23H27FN2O4/c1-29-17-9-7-15(8-10-17)23(28)25-19-14-20(30-18-6-4-5-16(24)13-18)22(27)21(19)26-11-2-3-12-26/h4-10,13,19-22,27H,2-3,11-12,14H2,1H3,(H,25,28)/t19-,20-,21+,22+/m1/s1. The molecule has 2 fully saturated rings. The van der Waals surface area contributed by atoms with Gasteiger partial charge < -0.3 is 19.9 Å². The van der Waals surface area contributed by atoms with Crippen molar-refractivity contribution < 1.29 is 23.8 Å². The van der Waals surface area contributed by atoms with E-state index in [4.69, 9.17) is 9.47 Å². The number of benzene rings is 2. The molecule has 0 unspecified atom stereocenters. The summed E-state index contributed by atoms with van der Waals surface area (Å²) in [6.07, 6.45) is 1.27. The van der Waals surface area contributed by atoms with Crippen molar-refractivity contribution in [3.8, 4) is 11.5 Å². The second kappa shape index (κ2) is 9.02. The number of carbonyl (C=O) groups is 1. The Morgan fingerprint density at radius 3 is 2.53 bits per heavy atom. The molecule has 2 aromatic rings. The van der Waals surface area contributed by atoms with Crippen LogP contribution in [0.3, 0.4) is 0 Å². The number of halogens is 1. The maximum atomic E-state index is 13.5. The van der Waals surface area contributed by atoms with Crippen molar-refractivity contribution in [3.63, 3.8) is 0 Å². The van der Waals surface area contributed by atoms with Crippen molar-refractivity contribution in [2.45, 2.75) is 43.6 Å². The molecule has 2 aromatic carbocycles. The number of nitrogens with one attached hydrogen (secondary N) is 1. The summed E-state index contributed by atoms with van der Waals surface area (Å²) >= 11 is 0. The maximum absolute atomic E-state index is 13.5. The zero-order chi connectivity index (χ0) is 21.1. The minimum absolute atomic E-state index is 0.203. The van der Waals surface area contributed by atoms with Gasteiger partial charge in [-0.05, 0) is 62.3 Å². The molecule has 0 bridgehead atoms. The van der Waals surface area contributed by atoms with Gasteiger partial charge in [0.15, 0.2) is 0 Å². The normalized spacial score (nSPS) is 26.5. The molecule has 4 atom stereocenters. The van der Waals surface area contributed by atoms with E-state index in [0.29, 0.717) is 23.5 Å². The Balaban J connectivity index is 1.50. The van der Waals surface area contributed by atoms with Gasteiger partial charge in [0.2, 0.25) is 0 Å². The highest BCUT2D eigenvalue weighted by atomic mass is 19.1. The minimum atomic E-state index is -0.785. The molecule has 0 radical (unpaired) electrons. The monoisotopic (exact) mass is 414 g/mol. The van der Waals surface area contributed by atoms with Gasteiger partial charge in [-0.3, -0.25) is 9.69 Å². The van der Waals surface area contributed by atoms with Crippen molar-refractivity contribution >= 4 is 5.91 Å². The summed E-state index contributed by atoms with van der Waals surface area (Å²) in [5, 5.41) is 14.1. The number of aliphatic hydroxyl groups is 1. The average molecular weight is 414 g/mol. The topological polar surface area (TPSA) is 71.0 Å². The Morgan fingerprint density at radius 1 is 1.13 bits per heavy atom. The second-order valence-electron chi connectivity index (χ2n) is 7.88. The smallest absolute Gasteiger partial charge is 0.251 e. The number of carbonyl (C=O) groups excluding carboxylic acids is 1. The van der Waals surface area contributed by atoms with Gasteiger partial charge in [-0.2, -0.15) is 0 Å². The SMILES string of the molecule is COc1ccc(C(=O)N[C@@H]2C[C@@H](Oc3cccc(F)c3)[C@H](O)[C@H]2N2CCCC2)cc1. The highest BCUT2D eigenvalue weighted by molar-refractivity contribution is 5.94. The molecule has 1 heterocycles. The number of hydrogen-bond acceptors (Lipinski definition) is 5. The van der Waals surface area contributed by atoms with E-state index < -0.39 is 12.2 Å². The summed E-state index contributed by atoms with van der Waals surface area (Å²) in [5.41, 5.74) is 0.528. The van der Waals surface area contributed by atoms with E-state index in [9.17, 15) is 14.3 Å². The van der Waals surface area contributed by atoms with Crippen LogP contribution in [0.25, 0.3) is 0 Å². The van der Waals surface area contributed by atoms with Crippen LogP contribution in [-0.4, -0.2) is 60.4 Å². The molecular formula is C23H27FN2O4. The van der Waals surface area contributed by atoms with Crippen molar-refractivity contribution in [1.29, 1.82) is 0 Å². The van der Waals surface area contributed by atoms with Crippen molar-refractivity contribution in [3.05, 3.63) is 59.9 Å². The molecule has 1 saturated heterocycles. The zero-order valence-electron chi connectivity index (χ0n) is 17.0. The molecular weight excluding hydrogens is 387 g/mol. The Hall–Kier alpha value is -2.64. The van der Waals surface area contributed by atoms with Gasteiger partial charge in [0.05, 0.1) is 19.2 Å². The van der Waals surface area contributed by atoms with Crippen LogP contribution in [0.15, 0.2) is 48.5 Å². The molecule has 0 spiro atoms. The van der Waals surface area contributed by atoms with Crippen LogP contribution in [0, 0.1) is 5.82 Å². The summed E-state index contributed by atoms with van der Waals surface area (Å²) < 4.78 is 24.6. The quantitative estimate of drug-likeness (QED) is 0.761. The van der Waals surface area contributed by atoms with Gasteiger partial charge in [-0.1, -0.05) is 6.07 Å². The number of nitrogens with zero attached hydrogens (tertiary/aromatic N) is 1. The van der Waals surface area contributed by atoms with E-state index in [-0.39, 0.29) is 23.8 Å². The van der Waals surface area contributed by atoms with Crippen molar-refractivity contribution in [1.82, 2.24) is 10.2 Å². The Labute approximate surface area is 175 Å². The summed E-state index contributed by atoms with van der Waals surface area (Å²) in [5.74, 6) is 0.466. The van der Waals surface area contributed by atoms with Gasteiger partial charge in [-0.15, -0.1) is 0 Å². The minimum Gasteiger partial charge on any atom is -0.497 e. The van der Waals surface area contributed by atoms with E-state index >= 15 is 0 Å². The lowest BCUT2D eigenvalue weighted by Crippen LogP contribution is -2.52. The van der Waals surface area contributed by atoms with Crippen LogP contribution in [0.4, 0.5) is 4.39 Å². The predicted octanol–water partition coefficient (Wildman–Crippen LogP) is 2.61. The molecule has 2 N–H and O–H groups in total. The first-order chi connectivity index (χ1) is 14.5. The van der Waals surface area contributed by atoms with E-state index in [2.05, 4.69) is 10.2 Å². The molecule has 1 aliphatic carbocycles. The fourth-order valence-electron chi connectivity index (χ4n) is 4.47. The van der Waals surface area contributed by atoms with Gasteiger partial charge >= 0.3 is 0 Å². The van der Waals surface area contributed by atoms with Crippen molar-refractivity contribution in [2.75, 3.05) is 20.2 Å². The molecule has 1 aliphatic heterocycles. The van der Waals surface area contributed by atoms with Crippen LogP contribution >= 0.6 is 0 Å². The number of likely N-dealkylation sites (tertiary alicyclic amines) is 1. The summed E-state index contributed by atoms with van der Waals surface area (Å²) in [6, 6.07) is 12.3. The fraction of sp³-hybridized carbons (Fsp3) is 0.435. The Morgan fingerprint density at radius 2 is 1.87 bits per heavy atom. The number of ether oxygens (including phenoxy) is 2. The molecule has 160 valence electrons. The van der Waals surface area contributed by atoms with Crippen LogP contribution in [-0.2, 0) is 0 Å². The summed E-state index contributed by atoms with van der Waals surface area (Å²) in [7, 11) is 1.58. The molecule has 6 nitrogen and oxygen atoms in total. The van der Waals surface area contributed by atoms with Crippen LogP contribution in [0.2, 0.25) is 0 Å². The van der Waals surface area contributed by atoms with Gasteiger partial charge in [-0.25, -0.2) is 4.39 Å². The molecule has 1 amide bonds. The summed E-state index contributed by atoms with van der Waals surface area (Å²) in [6.45, 7) is 1.76. The molecule has 30 heavy (non-hydrogen) atoms. The Kier molecular flexibility index (Phi) is 6.20. The maximum Gasteiger partial charge on any atom is 0.251 e. The van der Waals surface area contributed by atoms with Crippen LogP contribution in [0.1, 0.15) is 29.6 Å². The number of methoxy groups -OCH3 is 1. The molecule has 0 aromatic heterocycles. The lowest BCUT2D eigenvalue weighted by atomic mass is 10.1. The lowest BCUT2D eigenvalue weighted by molar-refractivity contribution is 0.0138. The van der Waals surface area contributed by atoms with E-state index in [0.717, 1.165) is 25.9 Å². The van der Waals surface area contributed by atoms with Crippen LogP contribution < -0.4 is 14.8 Å². The second-order valence-corrected chi connectivity index (χ2v) is 7.88. The number of hydrogen-bond donors (Lipinski definition) is 2. The predicted molar refractivity (Wildman–Crippen MR) is 110 cm³/mol. The first-order valence-electron chi connectivity index (χ1n) is 10.3. The third kappa shape index (κ3) is 4.42. The third-order valence-electron chi connectivity index (χ3n) is 5.94. The largest absolute Gasteiger partial charge is 0.497 e. The molecule has 7 heteroatoms. The first kappa shape index (κ1) is 20.6. The van der Waals surface area contributed by atoms with Gasteiger partial charge in [0.25, 0.3) is 5.91 Å². The van der Waals surface area contributed by atoms with Gasteiger partial charge in [0, 0.05) is 18.1 Å². The van der Waals surface area contributed by atoms with E-state index in [1.807, 2.05) is 0 Å². The Bertz CT molecular complexity index is 870. The van der Waals surface area contributed by atoms with E-state index in [1.54, 1.807) is 43.5 Å².